The van der Waals surface area contributed by atoms with Crippen LogP contribution >= 0.6 is 11.6 Å². The molecular formula is C15H22ClN3. The number of halogens is 1. The zero-order chi connectivity index (χ0) is 13.2. The first-order valence-electron chi connectivity index (χ1n) is 7.14. The molecule has 19 heavy (non-hydrogen) atoms. The van der Waals surface area contributed by atoms with Crippen molar-refractivity contribution in [2.75, 3.05) is 39.3 Å². The van der Waals surface area contributed by atoms with E-state index in [9.17, 15) is 0 Å². The molecule has 1 aromatic rings. The Balaban J connectivity index is 1.52. The first kappa shape index (κ1) is 13.4. The van der Waals surface area contributed by atoms with Gasteiger partial charge in [0, 0.05) is 56.9 Å². The topological polar surface area (TPSA) is 18.5 Å². The van der Waals surface area contributed by atoms with Crippen molar-refractivity contribution < 1.29 is 0 Å². The quantitative estimate of drug-likeness (QED) is 0.909. The zero-order valence-corrected chi connectivity index (χ0v) is 12.3. The second-order valence-corrected chi connectivity index (χ2v) is 6.11. The van der Waals surface area contributed by atoms with E-state index < -0.39 is 0 Å². The van der Waals surface area contributed by atoms with Crippen LogP contribution in [0.5, 0.6) is 0 Å². The molecule has 3 rings (SSSR count). The molecule has 0 aromatic heterocycles. The maximum Gasteiger partial charge on any atom is 0.0438 e. The second-order valence-electron chi connectivity index (χ2n) is 5.71. The highest BCUT2D eigenvalue weighted by atomic mass is 35.5. The van der Waals surface area contributed by atoms with E-state index in [4.69, 9.17) is 11.6 Å². The second kappa shape index (κ2) is 5.80. The van der Waals surface area contributed by atoms with Crippen LogP contribution in [0, 0.1) is 6.92 Å². The first-order valence-corrected chi connectivity index (χ1v) is 7.52. The van der Waals surface area contributed by atoms with E-state index in [0.717, 1.165) is 23.2 Å². The summed E-state index contributed by atoms with van der Waals surface area (Å²) in [5.74, 6) is 0. The molecule has 1 N–H and O–H groups in total. The largest absolute Gasteiger partial charge is 0.314 e. The minimum Gasteiger partial charge on any atom is -0.314 e. The van der Waals surface area contributed by atoms with Gasteiger partial charge >= 0.3 is 0 Å². The van der Waals surface area contributed by atoms with E-state index in [1.165, 1.54) is 44.8 Å². The zero-order valence-electron chi connectivity index (χ0n) is 11.5. The third kappa shape index (κ3) is 3.11. The van der Waals surface area contributed by atoms with Gasteiger partial charge in [0.15, 0.2) is 0 Å². The molecule has 0 atom stereocenters. The first-order chi connectivity index (χ1) is 9.22. The van der Waals surface area contributed by atoms with E-state index >= 15 is 0 Å². The smallest absolute Gasteiger partial charge is 0.0438 e. The maximum atomic E-state index is 6.19. The fourth-order valence-electron chi connectivity index (χ4n) is 2.81. The molecule has 104 valence electrons. The molecule has 3 nitrogen and oxygen atoms in total. The SMILES string of the molecule is Cc1ccc(CN2CCN(C3CNC3)CC2)cc1Cl. The van der Waals surface area contributed by atoms with Crippen molar-refractivity contribution in [2.24, 2.45) is 0 Å². The standard InChI is InChI=1S/C15H22ClN3/c1-12-2-3-13(8-15(12)16)11-18-4-6-19(7-5-18)14-9-17-10-14/h2-3,8,14,17H,4-7,9-11H2,1H3. The van der Waals surface area contributed by atoms with Gasteiger partial charge in [0.25, 0.3) is 0 Å². The summed E-state index contributed by atoms with van der Waals surface area (Å²) in [5, 5.41) is 4.24. The summed E-state index contributed by atoms with van der Waals surface area (Å²) >= 11 is 6.19. The van der Waals surface area contributed by atoms with Crippen molar-refractivity contribution in [1.82, 2.24) is 15.1 Å². The highest BCUT2D eigenvalue weighted by molar-refractivity contribution is 6.31. The molecule has 2 aliphatic rings. The summed E-state index contributed by atoms with van der Waals surface area (Å²) in [4.78, 5) is 5.15. The number of hydrogen-bond acceptors (Lipinski definition) is 3. The number of nitrogens with zero attached hydrogens (tertiary/aromatic N) is 2. The molecule has 0 aliphatic carbocycles. The Labute approximate surface area is 120 Å². The number of nitrogens with one attached hydrogen (secondary N) is 1. The molecule has 4 heteroatoms. The highest BCUT2D eigenvalue weighted by Crippen LogP contribution is 2.19. The van der Waals surface area contributed by atoms with E-state index in [1.807, 2.05) is 0 Å². The Morgan fingerprint density at radius 3 is 2.53 bits per heavy atom. The lowest BCUT2D eigenvalue weighted by atomic mass is 10.1. The van der Waals surface area contributed by atoms with Gasteiger partial charge < -0.3 is 5.32 Å². The van der Waals surface area contributed by atoms with Crippen molar-refractivity contribution >= 4 is 11.6 Å². The number of aryl methyl sites for hydroxylation is 1. The molecule has 0 amide bonds. The van der Waals surface area contributed by atoms with Gasteiger partial charge in [-0.3, -0.25) is 9.80 Å². The van der Waals surface area contributed by atoms with Crippen LogP contribution in [0.3, 0.4) is 0 Å². The van der Waals surface area contributed by atoms with Crippen LogP contribution in [0.2, 0.25) is 5.02 Å². The fourth-order valence-corrected chi connectivity index (χ4v) is 3.01. The Morgan fingerprint density at radius 2 is 1.95 bits per heavy atom. The van der Waals surface area contributed by atoms with Gasteiger partial charge in [-0.15, -0.1) is 0 Å². The lowest BCUT2D eigenvalue weighted by Gasteiger charge is -2.43. The Kier molecular flexibility index (Phi) is 4.08. The van der Waals surface area contributed by atoms with Gasteiger partial charge in [-0.05, 0) is 24.1 Å². The number of benzene rings is 1. The van der Waals surface area contributed by atoms with Crippen molar-refractivity contribution in [3.63, 3.8) is 0 Å². The minimum atomic E-state index is 0.788. The summed E-state index contributed by atoms with van der Waals surface area (Å²) in [7, 11) is 0. The van der Waals surface area contributed by atoms with Crippen molar-refractivity contribution in [1.29, 1.82) is 0 Å². The van der Waals surface area contributed by atoms with Gasteiger partial charge in [-0.25, -0.2) is 0 Å². The lowest BCUT2D eigenvalue weighted by Crippen LogP contribution is -2.61. The molecule has 2 heterocycles. The Hall–Kier alpha value is -0.610. The third-order valence-corrected chi connectivity index (χ3v) is 4.73. The van der Waals surface area contributed by atoms with Gasteiger partial charge in [0.2, 0.25) is 0 Å². The average Bonchev–Trinajstić information content (AvgIpc) is 2.34. The predicted molar refractivity (Wildman–Crippen MR) is 79.7 cm³/mol. The highest BCUT2D eigenvalue weighted by Gasteiger charge is 2.27. The van der Waals surface area contributed by atoms with Crippen LogP contribution < -0.4 is 5.32 Å². The van der Waals surface area contributed by atoms with E-state index in [1.54, 1.807) is 0 Å². The number of hydrogen-bond donors (Lipinski definition) is 1. The number of piperazine rings is 1. The van der Waals surface area contributed by atoms with Gasteiger partial charge in [-0.1, -0.05) is 23.7 Å². The summed E-state index contributed by atoms with van der Waals surface area (Å²) in [6, 6.07) is 7.22. The van der Waals surface area contributed by atoms with Crippen LogP contribution in [0.1, 0.15) is 11.1 Å². The van der Waals surface area contributed by atoms with E-state index in [-0.39, 0.29) is 0 Å². The third-order valence-electron chi connectivity index (χ3n) is 4.33. The average molecular weight is 280 g/mol. The van der Waals surface area contributed by atoms with Crippen LogP contribution in [0.25, 0.3) is 0 Å². The molecule has 2 aliphatic heterocycles. The monoisotopic (exact) mass is 279 g/mol. The maximum absolute atomic E-state index is 6.19. The summed E-state index contributed by atoms with van der Waals surface area (Å²) in [6.45, 7) is 10.2. The Morgan fingerprint density at radius 1 is 1.21 bits per heavy atom. The molecule has 1 aromatic carbocycles. The minimum absolute atomic E-state index is 0.788. The predicted octanol–water partition coefficient (Wildman–Crippen LogP) is 1.74. The fraction of sp³-hybridized carbons (Fsp3) is 0.600. The molecule has 0 bridgehead atoms. The normalized spacial score (nSPS) is 22.4. The van der Waals surface area contributed by atoms with Crippen LogP contribution in [0.15, 0.2) is 18.2 Å². The lowest BCUT2D eigenvalue weighted by molar-refractivity contribution is 0.0695. The van der Waals surface area contributed by atoms with Gasteiger partial charge in [0.1, 0.15) is 0 Å². The van der Waals surface area contributed by atoms with Crippen LogP contribution in [0.4, 0.5) is 0 Å². The van der Waals surface area contributed by atoms with Gasteiger partial charge in [0.05, 0.1) is 0 Å². The van der Waals surface area contributed by atoms with Crippen molar-refractivity contribution in [2.45, 2.75) is 19.5 Å². The molecule has 0 radical (unpaired) electrons. The van der Waals surface area contributed by atoms with Crippen molar-refractivity contribution in [3.8, 4) is 0 Å². The Bertz CT molecular complexity index is 437. The molecule has 0 spiro atoms. The molecule has 2 saturated heterocycles. The number of rotatable bonds is 3. The van der Waals surface area contributed by atoms with Crippen molar-refractivity contribution in [3.05, 3.63) is 34.3 Å². The van der Waals surface area contributed by atoms with Gasteiger partial charge in [-0.2, -0.15) is 0 Å². The summed E-state index contributed by atoms with van der Waals surface area (Å²) in [6.07, 6.45) is 0. The van der Waals surface area contributed by atoms with Crippen LogP contribution in [-0.2, 0) is 6.54 Å². The van der Waals surface area contributed by atoms with E-state index in [0.29, 0.717) is 0 Å². The summed E-state index contributed by atoms with van der Waals surface area (Å²) in [5.41, 5.74) is 2.49. The molecular weight excluding hydrogens is 258 g/mol. The molecule has 0 unspecified atom stereocenters. The van der Waals surface area contributed by atoms with Crippen LogP contribution in [-0.4, -0.2) is 55.1 Å². The molecule has 0 saturated carbocycles. The summed E-state index contributed by atoms with van der Waals surface area (Å²) < 4.78 is 0. The molecule has 2 fully saturated rings. The van der Waals surface area contributed by atoms with E-state index in [2.05, 4.69) is 40.2 Å².